The van der Waals surface area contributed by atoms with E-state index in [4.69, 9.17) is 0 Å². The van der Waals surface area contributed by atoms with Crippen LogP contribution in [0, 0.1) is 5.92 Å². The molecule has 0 aliphatic rings. The van der Waals surface area contributed by atoms with E-state index in [2.05, 4.69) is 52.2 Å². The van der Waals surface area contributed by atoms with E-state index in [1.165, 1.54) is 12.1 Å². The maximum absolute atomic E-state index is 4.37. The van der Waals surface area contributed by atoms with Gasteiger partial charge in [0, 0.05) is 16.4 Å². The van der Waals surface area contributed by atoms with Crippen LogP contribution in [0.4, 0.5) is 0 Å². The van der Waals surface area contributed by atoms with Gasteiger partial charge >= 0.3 is 0 Å². The molecule has 1 atom stereocenters. The second kappa shape index (κ2) is 6.96. The fraction of sp³-hybridized carbons (Fsp3) is 0.583. The second-order valence-electron chi connectivity index (χ2n) is 3.98. The largest absolute Gasteiger partial charge is 0.316 e. The average Bonchev–Trinajstić information content (AvgIpc) is 2.22. The molecule has 0 saturated carbocycles. The Labute approximate surface area is 101 Å². The van der Waals surface area contributed by atoms with E-state index in [0.717, 1.165) is 24.0 Å². The summed E-state index contributed by atoms with van der Waals surface area (Å²) in [5.74, 6) is 0.644. The van der Waals surface area contributed by atoms with E-state index in [1.54, 1.807) is 0 Å². The van der Waals surface area contributed by atoms with Crippen LogP contribution in [-0.2, 0) is 6.42 Å². The summed E-state index contributed by atoms with van der Waals surface area (Å²) in [6, 6.07) is 4.13. The smallest absolute Gasteiger partial charge is 0.0413 e. The van der Waals surface area contributed by atoms with Crippen molar-refractivity contribution in [3.63, 3.8) is 0 Å². The predicted octanol–water partition coefficient (Wildman–Crippen LogP) is 3.02. The number of nitrogens with one attached hydrogen (secondary N) is 1. The number of pyridine rings is 1. The monoisotopic (exact) mass is 270 g/mol. The summed E-state index contributed by atoms with van der Waals surface area (Å²) in [5, 5.41) is 3.43. The van der Waals surface area contributed by atoms with Crippen molar-refractivity contribution in [3.05, 3.63) is 28.5 Å². The SMILES string of the molecule is CCCNCC(C)Cc1ccc(Br)cn1. The molecule has 2 nitrogen and oxygen atoms in total. The van der Waals surface area contributed by atoms with E-state index >= 15 is 0 Å². The standard InChI is InChI=1S/C12H19BrN2/c1-3-6-14-8-10(2)7-12-5-4-11(13)9-15-12/h4-5,9-10,14H,3,6-8H2,1-2H3. The molecule has 15 heavy (non-hydrogen) atoms. The average molecular weight is 271 g/mol. The molecule has 0 saturated heterocycles. The van der Waals surface area contributed by atoms with Crippen LogP contribution in [0.25, 0.3) is 0 Å². The van der Waals surface area contributed by atoms with Crippen molar-refractivity contribution in [2.45, 2.75) is 26.7 Å². The summed E-state index contributed by atoms with van der Waals surface area (Å²) in [7, 11) is 0. The van der Waals surface area contributed by atoms with E-state index in [9.17, 15) is 0 Å². The van der Waals surface area contributed by atoms with Crippen LogP contribution in [0.15, 0.2) is 22.8 Å². The second-order valence-corrected chi connectivity index (χ2v) is 4.90. The number of nitrogens with zero attached hydrogens (tertiary/aromatic N) is 1. The number of halogens is 1. The predicted molar refractivity (Wildman–Crippen MR) is 68.0 cm³/mol. The lowest BCUT2D eigenvalue weighted by Crippen LogP contribution is -2.23. The molecule has 0 amide bonds. The van der Waals surface area contributed by atoms with Crippen LogP contribution in [0.5, 0.6) is 0 Å². The van der Waals surface area contributed by atoms with Gasteiger partial charge in [-0.1, -0.05) is 13.8 Å². The lowest BCUT2D eigenvalue weighted by Gasteiger charge is -2.11. The Morgan fingerprint density at radius 2 is 2.27 bits per heavy atom. The third-order valence-electron chi connectivity index (χ3n) is 2.27. The van der Waals surface area contributed by atoms with Gasteiger partial charge in [-0.15, -0.1) is 0 Å². The highest BCUT2D eigenvalue weighted by molar-refractivity contribution is 9.10. The number of hydrogen-bond donors (Lipinski definition) is 1. The Hall–Kier alpha value is -0.410. The van der Waals surface area contributed by atoms with Crippen molar-refractivity contribution in [1.29, 1.82) is 0 Å². The van der Waals surface area contributed by atoms with Gasteiger partial charge in [0.25, 0.3) is 0 Å². The fourth-order valence-electron chi connectivity index (χ4n) is 1.48. The molecule has 0 aromatic carbocycles. The molecule has 0 aliphatic carbocycles. The van der Waals surface area contributed by atoms with Crippen LogP contribution in [0.3, 0.4) is 0 Å². The molecular formula is C12H19BrN2. The molecule has 0 radical (unpaired) electrons. The quantitative estimate of drug-likeness (QED) is 0.804. The molecule has 1 rings (SSSR count). The minimum Gasteiger partial charge on any atom is -0.316 e. The Kier molecular flexibility index (Phi) is 5.88. The molecule has 0 bridgehead atoms. The van der Waals surface area contributed by atoms with Crippen molar-refractivity contribution in [2.75, 3.05) is 13.1 Å². The topological polar surface area (TPSA) is 24.9 Å². The molecule has 84 valence electrons. The first-order valence-corrected chi connectivity index (χ1v) is 6.32. The number of hydrogen-bond acceptors (Lipinski definition) is 2. The first-order chi connectivity index (χ1) is 7.22. The van der Waals surface area contributed by atoms with Crippen LogP contribution in [-0.4, -0.2) is 18.1 Å². The molecule has 3 heteroatoms. The molecule has 1 N–H and O–H groups in total. The van der Waals surface area contributed by atoms with E-state index < -0.39 is 0 Å². The Bertz CT molecular complexity index is 271. The highest BCUT2D eigenvalue weighted by Crippen LogP contribution is 2.10. The summed E-state index contributed by atoms with van der Waals surface area (Å²) in [5.41, 5.74) is 1.17. The normalized spacial score (nSPS) is 12.7. The lowest BCUT2D eigenvalue weighted by molar-refractivity contribution is 0.506. The zero-order valence-electron chi connectivity index (χ0n) is 9.46. The molecular weight excluding hydrogens is 252 g/mol. The molecule has 1 unspecified atom stereocenters. The van der Waals surface area contributed by atoms with Crippen molar-refractivity contribution in [1.82, 2.24) is 10.3 Å². The molecule has 1 aromatic heterocycles. The van der Waals surface area contributed by atoms with E-state index in [0.29, 0.717) is 5.92 Å². The van der Waals surface area contributed by atoms with Crippen LogP contribution < -0.4 is 5.32 Å². The zero-order valence-corrected chi connectivity index (χ0v) is 11.0. The fourth-order valence-corrected chi connectivity index (χ4v) is 1.72. The Morgan fingerprint density at radius 3 is 2.87 bits per heavy atom. The Morgan fingerprint density at radius 1 is 1.47 bits per heavy atom. The van der Waals surface area contributed by atoms with Crippen molar-refractivity contribution >= 4 is 15.9 Å². The van der Waals surface area contributed by atoms with Gasteiger partial charge in [-0.05, 0) is 59.9 Å². The number of rotatable bonds is 6. The molecule has 0 aliphatic heterocycles. The zero-order chi connectivity index (χ0) is 11.1. The Balaban J connectivity index is 2.31. The summed E-state index contributed by atoms with van der Waals surface area (Å²) >= 11 is 3.39. The van der Waals surface area contributed by atoms with Crippen LogP contribution in [0.2, 0.25) is 0 Å². The van der Waals surface area contributed by atoms with Gasteiger partial charge in [0.2, 0.25) is 0 Å². The van der Waals surface area contributed by atoms with Gasteiger partial charge in [-0.25, -0.2) is 0 Å². The summed E-state index contributed by atoms with van der Waals surface area (Å²) in [6.07, 6.45) is 4.11. The summed E-state index contributed by atoms with van der Waals surface area (Å²) in [6.45, 7) is 6.63. The maximum Gasteiger partial charge on any atom is 0.0413 e. The molecule has 1 heterocycles. The third-order valence-corrected chi connectivity index (χ3v) is 2.73. The molecule has 0 spiro atoms. The van der Waals surface area contributed by atoms with Gasteiger partial charge in [-0.2, -0.15) is 0 Å². The van der Waals surface area contributed by atoms with Crippen molar-refractivity contribution in [2.24, 2.45) is 5.92 Å². The molecule has 0 fully saturated rings. The highest BCUT2D eigenvalue weighted by atomic mass is 79.9. The van der Waals surface area contributed by atoms with Crippen molar-refractivity contribution < 1.29 is 0 Å². The first kappa shape index (κ1) is 12.7. The first-order valence-electron chi connectivity index (χ1n) is 5.53. The number of aromatic nitrogens is 1. The third kappa shape index (κ3) is 5.28. The summed E-state index contributed by atoms with van der Waals surface area (Å²) < 4.78 is 1.04. The van der Waals surface area contributed by atoms with Crippen LogP contribution >= 0.6 is 15.9 Å². The van der Waals surface area contributed by atoms with Gasteiger partial charge in [0.15, 0.2) is 0 Å². The molecule has 1 aromatic rings. The maximum atomic E-state index is 4.37. The van der Waals surface area contributed by atoms with Gasteiger partial charge in [0.05, 0.1) is 0 Å². The van der Waals surface area contributed by atoms with Crippen LogP contribution in [0.1, 0.15) is 26.0 Å². The van der Waals surface area contributed by atoms with Gasteiger partial charge in [-0.3, -0.25) is 4.98 Å². The lowest BCUT2D eigenvalue weighted by atomic mass is 10.1. The minimum absolute atomic E-state index is 0.644. The highest BCUT2D eigenvalue weighted by Gasteiger charge is 2.03. The van der Waals surface area contributed by atoms with E-state index in [-0.39, 0.29) is 0 Å². The van der Waals surface area contributed by atoms with E-state index in [1.807, 2.05) is 6.20 Å². The minimum atomic E-state index is 0.644. The van der Waals surface area contributed by atoms with Gasteiger partial charge in [0.1, 0.15) is 0 Å². The van der Waals surface area contributed by atoms with Gasteiger partial charge < -0.3 is 5.32 Å². The van der Waals surface area contributed by atoms with Crippen molar-refractivity contribution in [3.8, 4) is 0 Å². The summed E-state index contributed by atoms with van der Waals surface area (Å²) in [4.78, 5) is 4.37.